The second kappa shape index (κ2) is 5.40. The molecule has 0 atom stereocenters. The number of rotatable bonds is 5. The van der Waals surface area contributed by atoms with Crippen LogP contribution in [0.4, 0.5) is 0 Å². The number of hydrogen-bond donors (Lipinski definition) is 1. The molecule has 2 aromatic rings. The van der Waals surface area contributed by atoms with E-state index >= 15 is 0 Å². The summed E-state index contributed by atoms with van der Waals surface area (Å²) in [6, 6.07) is 5.88. The van der Waals surface area contributed by atoms with Crippen LogP contribution >= 0.6 is 0 Å². The predicted molar refractivity (Wildman–Crippen MR) is 71.7 cm³/mol. The summed E-state index contributed by atoms with van der Waals surface area (Å²) in [5, 5.41) is 9.39. The van der Waals surface area contributed by atoms with E-state index in [-0.39, 0.29) is 6.61 Å². The van der Waals surface area contributed by atoms with E-state index in [4.69, 9.17) is 4.74 Å². The number of aliphatic hydroxyl groups is 1. The van der Waals surface area contributed by atoms with Gasteiger partial charge in [-0.1, -0.05) is 13.8 Å². The van der Waals surface area contributed by atoms with Crippen LogP contribution in [0.1, 0.15) is 26.6 Å². The van der Waals surface area contributed by atoms with Crippen molar-refractivity contribution in [3.8, 4) is 5.75 Å². The summed E-state index contributed by atoms with van der Waals surface area (Å²) in [6.07, 6.45) is 0. The first-order chi connectivity index (χ1) is 8.65. The van der Waals surface area contributed by atoms with Crippen molar-refractivity contribution in [1.82, 2.24) is 9.55 Å². The number of aromatic nitrogens is 2. The average molecular weight is 248 g/mol. The Hall–Kier alpha value is -1.55. The Balaban J connectivity index is 2.48. The number of benzene rings is 1. The molecule has 0 saturated carbocycles. The molecule has 18 heavy (non-hydrogen) atoms. The first kappa shape index (κ1) is 12.9. The topological polar surface area (TPSA) is 47.3 Å². The van der Waals surface area contributed by atoms with Crippen molar-refractivity contribution in [2.75, 3.05) is 6.61 Å². The highest BCUT2D eigenvalue weighted by molar-refractivity contribution is 5.77. The first-order valence-electron chi connectivity index (χ1n) is 6.38. The highest BCUT2D eigenvalue weighted by Gasteiger charge is 2.11. The molecule has 0 spiro atoms. The van der Waals surface area contributed by atoms with Gasteiger partial charge in [-0.15, -0.1) is 0 Å². The Morgan fingerprint density at radius 3 is 2.78 bits per heavy atom. The van der Waals surface area contributed by atoms with Gasteiger partial charge in [-0.05, 0) is 25.0 Å². The minimum absolute atomic E-state index is 0.0363. The Bertz CT molecular complexity index is 532. The molecule has 0 bridgehead atoms. The van der Waals surface area contributed by atoms with Crippen LogP contribution in [0.25, 0.3) is 11.0 Å². The molecular weight excluding hydrogens is 228 g/mol. The summed E-state index contributed by atoms with van der Waals surface area (Å²) in [5.74, 6) is 2.05. The van der Waals surface area contributed by atoms with E-state index in [0.29, 0.717) is 18.3 Å². The number of nitrogens with zero attached hydrogens (tertiary/aromatic N) is 2. The standard InChI is InChI=1S/C14H20N2O2/c1-4-18-11-5-6-13-12(7-11)15-14(9-17)16(13)8-10(2)3/h5-7,10,17H,4,8-9H2,1-3H3. The van der Waals surface area contributed by atoms with Crippen LogP contribution in [0.3, 0.4) is 0 Å². The zero-order valence-corrected chi connectivity index (χ0v) is 11.2. The lowest BCUT2D eigenvalue weighted by molar-refractivity contribution is 0.263. The molecule has 0 amide bonds. The zero-order valence-electron chi connectivity index (χ0n) is 11.2. The third-order valence-corrected chi connectivity index (χ3v) is 2.80. The Morgan fingerprint density at radius 2 is 2.17 bits per heavy atom. The minimum atomic E-state index is -0.0363. The molecule has 1 aromatic carbocycles. The summed E-state index contributed by atoms with van der Waals surface area (Å²) < 4.78 is 7.55. The van der Waals surface area contributed by atoms with E-state index in [1.165, 1.54) is 0 Å². The molecular formula is C14H20N2O2. The molecule has 0 saturated heterocycles. The van der Waals surface area contributed by atoms with Crippen LogP contribution in [0.5, 0.6) is 5.75 Å². The van der Waals surface area contributed by atoms with Crippen molar-refractivity contribution in [2.24, 2.45) is 5.92 Å². The lowest BCUT2D eigenvalue weighted by atomic mass is 10.2. The number of aliphatic hydroxyl groups excluding tert-OH is 1. The number of ether oxygens (including phenoxy) is 1. The van der Waals surface area contributed by atoms with Gasteiger partial charge < -0.3 is 14.4 Å². The summed E-state index contributed by atoms with van der Waals surface area (Å²) in [6.45, 7) is 7.74. The van der Waals surface area contributed by atoms with Gasteiger partial charge in [0.1, 0.15) is 18.2 Å². The van der Waals surface area contributed by atoms with Gasteiger partial charge in [-0.3, -0.25) is 0 Å². The second-order valence-electron chi connectivity index (χ2n) is 4.77. The lowest BCUT2D eigenvalue weighted by Crippen LogP contribution is -2.08. The normalized spacial score (nSPS) is 11.4. The lowest BCUT2D eigenvalue weighted by Gasteiger charge is -2.10. The summed E-state index contributed by atoms with van der Waals surface area (Å²) in [5.41, 5.74) is 1.93. The van der Waals surface area contributed by atoms with E-state index in [1.807, 2.05) is 25.1 Å². The molecule has 0 radical (unpaired) electrons. The molecule has 1 heterocycles. The molecule has 0 aliphatic heterocycles. The van der Waals surface area contributed by atoms with E-state index in [0.717, 1.165) is 23.3 Å². The summed E-state index contributed by atoms with van der Waals surface area (Å²) in [7, 11) is 0. The quantitative estimate of drug-likeness (QED) is 0.884. The highest BCUT2D eigenvalue weighted by atomic mass is 16.5. The van der Waals surface area contributed by atoms with Crippen molar-refractivity contribution < 1.29 is 9.84 Å². The SMILES string of the molecule is CCOc1ccc2c(c1)nc(CO)n2CC(C)C. The van der Waals surface area contributed by atoms with E-state index in [2.05, 4.69) is 23.4 Å². The Labute approximate surface area is 107 Å². The third kappa shape index (κ3) is 2.48. The van der Waals surface area contributed by atoms with Crippen LogP contribution in [0, 0.1) is 5.92 Å². The van der Waals surface area contributed by atoms with E-state index in [9.17, 15) is 5.11 Å². The van der Waals surface area contributed by atoms with Crippen molar-refractivity contribution >= 4 is 11.0 Å². The van der Waals surface area contributed by atoms with Crippen molar-refractivity contribution in [3.05, 3.63) is 24.0 Å². The zero-order chi connectivity index (χ0) is 13.1. The predicted octanol–water partition coefficient (Wildman–Crippen LogP) is 2.58. The largest absolute Gasteiger partial charge is 0.494 e. The Morgan fingerprint density at radius 1 is 1.39 bits per heavy atom. The Kier molecular flexibility index (Phi) is 3.87. The fourth-order valence-corrected chi connectivity index (χ4v) is 2.11. The maximum atomic E-state index is 9.39. The first-order valence-corrected chi connectivity index (χ1v) is 6.38. The van der Waals surface area contributed by atoms with Crippen LogP contribution in [-0.2, 0) is 13.2 Å². The summed E-state index contributed by atoms with van der Waals surface area (Å²) in [4.78, 5) is 4.46. The fraction of sp³-hybridized carbons (Fsp3) is 0.500. The molecule has 0 unspecified atom stereocenters. The molecule has 0 fully saturated rings. The molecule has 1 N–H and O–H groups in total. The molecule has 4 nitrogen and oxygen atoms in total. The van der Waals surface area contributed by atoms with Crippen LogP contribution in [-0.4, -0.2) is 21.3 Å². The number of fused-ring (bicyclic) bond motifs is 1. The maximum absolute atomic E-state index is 9.39. The van der Waals surface area contributed by atoms with Gasteiger partial charge in [-0.25, -0.2) is 4.98 Å². The molecule has 4 heteroatoms. The molecule has 98 valence electrons. The van der Waals surface area contributed by atoms with Gasteiger partial charge in [-0.2, -0.15) is 0 Å². The van der Waals surface area contributed by atoms with E-state index < -0.39 is 0 Å². The van der Waals surface area contributed by atoms with Crippen molar-refractivity contribution in [1.29, 1.82) is 0 Å². The van der Waals surface area contributed by atoms with Crippen LogP contribution < -0.4 is 4.74 Å². The van der Waals surface area contributed by atoms with Crippen molar-refractivity contribution in [2.45, 2.75) is 33.9 Å². The minimum Gasteiger partial charge on any atom is -0.494 e. The monoisotopic (exact) mass is 248 g/mol. The molecule has 1 aromatic heterocycles. The second-order valence-corrected chi connectivity index (χ2v) is 4.77. The van der Waals surface area contributed by atoms with Gasteiger partial charge in [0.15, 0.2) is 0 Å². The van der Waals surface area contributed by atoms with E-state index in [1.54, 1.807) is 0 Å². The van der Waals surface area contributed by atoms with Crippen LogP contribution in [0.2, 0.25) is 0 Å². The smallest absolute Gasteiger partial charge is 0.135 e. The molecule has 2 rings (SSSR count). The average Bonchev–Trinajstić information content (AvgIpc) is 2.66. The van der Waals surface area contributed by atoms with Crippen molar-refractivity contribution in [3.63, 3.8) is 0 Å². The van der Waals surface area contributed by atoms with Gasteiger partial charge in [0.2, 0.25) is 0 Å². The molecule has 0 aliphatic carbocycles. The summed E-state index contributed by atoms with van der Waals surface area (Å²) >= 11 is 0. The number of imidazole rings is 1. The highest BCUT2D eigenvalue weighted by Crippen LogP contribution is 2.23. The third-order valence-electron chi connectivity index (χ3n) is 2.80. The maximum Gasteiger partial charge on any atom is 0.135 e. The number of hydrogen-bond acceptors (Lipinski definition) is 3. The van der Waals surface area contributed by atoms with Gasteiger partial charge in [0.25, 0.3) is 0 Å². The molecule has 0 aliphatic rings. The van der Waals surface area contributed by atoms with Gasteiger partial charge in [0, 0.05) is 12.6 Å². The fourth-order valence-electron chi connectivity index (χ4n) is 2.11. The van der Waals surface area contributed by atoms with Gasteiger partial charge >= 0.3 is 0 Å². The van der Waals surface area contributed by atoms with Gasteiger partial charge in [0.05, 0.1) is 17.6 Å². The van der Waals surface area contributed by atoms with Crippen LogP contribution in [0.15, 0.2) is 18.2 Å².